The molecule has 0 bridgehead atoms. The molecule has 0 spiro atoms. The molecule has 19 heavy (non-hydrogen) atoms. The van der Waals surface area contributed by atoms with Gasteiger partial charge in [0.15, 0.2) is 0 Å². The van der Waals surface area contributed by atoms with Crippen molar-refractivity contribution in [1.29, 1.82) is 0 Å². The highest BCUT2D eigenvalue weighted by Gasteiger charge is 2.26. The zero-order valence-corrected chi connectivity index (χ0v) is 11.3. The van der Waals surface area contributed by atoms with E-state index in [2.05, 4.69) is 0 Å². The van der Waals surface area contributed by atoms with Gasteiger partial charge in [0.2, 0.25) is 0 Å². The first-order valence-corrected chi connectivity index (χ1v) is 7.12. The van der Waals surface area contributed by atoms with Gasteiger partial charge in [0.1, 0.15) is 0 Å². The first kappa shape index (κ1) is 14.1. The summed E-state index contributed by atoms with van der Waals surface area (Å²) in [6, 6.07) is 5.61. The molecule has 0 saturated carbocycles. The van der Waals surface area contributed by atoms with Gasteiger partial charge in [-0.25, -0.2) is 0 Å². The van der Waals surface area contributed by atoms with E-state index < -0.39 is 12.6 Å². The average molecular weight is 288 g/mol. The lowest BCUT2D eigenvalue weighted by atomic mass is 10.2. The SMILES string of the molecule is CSc1cc(N)cc2c1ccn2CCCC(F)(F)F. The second-order valence-electron chi connectivity index (χ2n) is 4.38. The van der Waals surface area contributed by atoms with Crippen molar-refractivity contribution in [2.24, 2.45) is 0 Å². The van der Waals surface area contributed by atoms with E-state index in [0.29, 0.717) is 12.2 Å². The Labute approximate surface area is 113 Å². The fourth-order valence-electron chi connectivity index (χ4n) is 2.10. The average Bonchev–Trinajstić information content (AvgIpc) is 2.70. The predicted molar refractivity (Wildman–Crippen MR) is 73.4 cm³/mol. The number of hydrogen-bond donors (Lipinski definition) is 1. The molecular formula is C13H15F3N2S. The zero-order valence-electron chi connectivity index (χ0n) is 10.5. The number of halogens is 3. The minimum atomic E-state index is -4.09. The second-order valence-corrected chi connectivity index (χ2v) is 5.23. The van der Waals surface area contributed by atoms with Crippen LogP contribution in [0.1, 0.15) is 12.8 Å². The first-order valence-electron chi connectivity index (χ1n) is 5.90. The van der Waals surface area contributed by atoms with E-state index in [1.807, 2.05) is 35.2 Å². The maximum Gasteiger partial charge on any atom is 0.389 e. The van der Waals surface area contributed by atoms with Gasteiger partial charge in [-0.05, 0) is 30.9 Å². The maximum atomic E-state index is 12.1. The summed E-state index contributed by atoms with van der Waals surface area (Å²) in [5.41, 5.74) is 7.35. The Balaban J connectivity index is 2.23. The van der Waals surface area contributed by atoms with Crippen LogP contribution in [0.3, 0.4) is 0 Å². The Hall–Kier alpha value is -1.30. The molecule has 1 heterocycles. The van der Waals surface area contributed by atoms with Crippen LogP contribution in [0, 0.1) is 0 Å². The molecule has 0 radical (unpaired) electrons. The van der Waals surface area contributed by atoms with Crippen LogP contribution in [0.5, 0.6) is 0 Å². The summed E-state index contributed by atoms with van der Waals surface area (Å²) in [6.45, 7) is 0.348. The van der Waals surface area contributed by atoms with Crippen LogP contribution in [-0.4, -0.2) is 17.0 Å². The number of fused-ring (bicyclic) bond motifs is 1. The van der Waals surface area contributed by atoms with Crippen LogP contribution in [-0.2, 0) is 6.54 Å². The molecule has 1 aromatic heterocycles. The lowest BCUT2D eigenvalue weighted by Gasteiger charge is -2.09. The van der Waals surface area contributed by atoms with E-state index in [-0.39, 0.29) is 6.42 Å². The molecule has 2 N–H and O–H groups in total. The number of anilines is 1. The third-order valence-electron chi connectivity index (χ3n) is 2.95. The Morgan fingerprint density at radius 1 is 1.32 bits per heavy atom. The number of aromatic nitrogens is 1. The number of rotatable bonds is 4. The Morgan fingerprint density at radius 2 is 2.05 bits per heavy atom. The van der Waals surface area contributed by atoms with E-state index in [1.165, 1.54) is 0 Å². The molecule has 0 aliphatic carbocycles. The largest absolute Gasteiger partial charge is 0.399 e. The van der Waals surface area contributed by atoms with Crippen molar-refractivity contribution in [2.45, 2.75) is 30.5 Å². The Morgan fingerprint density at radius 3 is 2.68 bits per heavy atom. The smallest absolute Gasteiger partial charge is 0.389 e. The van der Waals surface area contributed by atoms with Crippen LogP contribution >= 0.6 is 11.8 Å². The van der Waals surface area contributed by atoms with Gasteiger partial charge in [-0.3, -0.25) is 0 Å². The van der Waals surface area contributed by atoms with Gasteiger partial charge in [0, 0.05) is 35.1 Å². The molecule has 2 rings (SSSR count). The van der Waals surface area contributed by atoms with Crippen molar-refractivity contribution >= 4 is 28.4 Å². The van der Waals surface area contributed by atoms with Gasteiger partial charge in [-0.1, -0.05) is 0 Å². The molecule has 0 aliphatic rings. The Kier molecular flexibility index (Phi) is 3.99. The van der Waals surface area contributed by atoms with Crippen molar-refractivity contribution < 1.29 is 13.2 Å². The Bertz CT molecular complexity index is 575. The predicted octanol–water partition coefficient (Wildman–Crippen LogP) is 4.29. The summed E-state index contributed by atoms with van der Waals surface area (Å²) in [5.74, 6) is 0. The van der Waals surface area contributed by atoms with Gasteiger partial charge >= 0.3 is 6.18 Å². The number of nitrogen functional groups attached to an aromatic ring is 1. The summed E-state index contributed by atoms with van der Waals surface area (Å²) in [6.07, 6.45) is -0.997. The third-order valence-corrected chi connectivity index (χ3v) is 3.73. The lowest BCUT2D eigenvalue weighted by Crippen LogP contribution is -2.09. The van der Waals surface area contributed by atoms with E-state index in [1.54, 1.807) is 11.8 Å². The van der Waals surface area contributed by atoms with Crippen molar-refractivity contribution in [3.8, 4) is 0 Å². The van der Waals surface area contributed by atoms with E-state index in [4.69, 9.17) is 5.73 Å². The van der Waals surface area contributed by atoms with Crippen LogP contribution < -0.4 is 5.73 Å². The van der Waals surface area contributed by atoms with Gasteiger partial charge < -0.3 is 10.3 Å². The lowest BCUT2D eigenvalue weighted by molar-refractivity contribution is -0.135. The number of benzene rings is 1. The maximum absolute atomic E-state index is 12.1. The highest BCUT2D eigenvalue weighted by atomic mass is 32.2. The molecule has 0 unspecified atom stereocenters. The number of nitrogens with two attached hydrogens (primary N) is 1. The summed E-state index contributed by atoms with van der Waals surface area (Å²) in [5, 5.41) is 1.04. The highest BCUT2D eigenvalue weighted by molar-refractivity contribution is 7.98. The monoisotopic (exact) mass is 288 g/mol. The number of hydrogen-bond acceptors (Lipinski definition) is 2. The highest BCUT2D eigenvalue weighted by Crippen LogP contribution is 2.30. The van der Waals surface area contributed by atoms with Crippen LogP contribution in [0.2, 0.25) is 0 Å². The first-order chi connectivity index (χ1) is 8.90. The minimum Gasteiger partial charge on any atom is -0.399 e. The topological polar surface area (TPSA) is 30.9 Å². The van der Waals surface area contributed by atoms with E-state index >= 15 is 0 Å². The third kappa shape index (κ3) is 3.37. The zero-order chi connectivity index (χ0) is 14.0. The molecule has 6 heteroatoms. The van der Waals surface area contributed by atoms with Gasteiger partial charge in [0.25, 0.3) is 0 Å². The molecular weight excluding hydrogens is 273 g/mol. The van der Waals surface area contributed by atoms with Crippen LogP contribution in [0.15, 0.2) is 29.3 Å². The number of thioether (sulfide) groups is 1. The summed E-state index contributed by atoms with van der Waals surface area (Å²) < 4.78 is 38.3. The summed E-state index contributed by atoms with van der Waals surface area (Å²) >= 11 is 1.58. The molecule has 0 amide bonds. The minimum absolute atomic E-state index is 0.0800. The molecule has 0 aliphatic heterocycles. The summed E-state index contributed by atoms with van der Waals surface area (Å²) in [7, 11) is 0. The van der Waals surface area contributed by atoms with Crippen molar-refractivity contribution in [3.63, 3.8) is 0 Å². The summed E-state index contributed by atoms with van der Waals surface area (Å²) in [4.78, 5) is 1.05. The van der Waals surface area contributed by atoms with Crippen molar-refractivity contribution in [2.75, 3.05) is 12.0 Å². The molecule has 1 aromatic carbocycles. The van der Waals surface area contributed by atoms with E-state index in [9.17, 15) is 13.2 Å². The van der Waals surface area contributed by atoms with Gasteiger partial charge in [0.05, 0.1) is 5.52 Å². The molecule has 0 fully saturated rings. The molecule has 2 aromatic rings. The van der Waals surface area contributed by atoms with E-state index in [0.717, 1.165) is 15.8 Å². The van der Waals surface area contributed by atoms with Gasteiger partial charge in [-0.2, -0.15) is 13.2 Å². The number of aryl methyl sites for hydroxylation is 1. The fraction of sp³-hybridized carbons (Fsp3) is 0.385. The molecule has 2 nitrogen and oxygen atoms in total. The number of alkyl halides is 3. The van der Waals surface area contributed by atoms with Crippen molar-refractivity contribution in [1.82, 2.24) is 4.57 Å². The van der Waals surface area contributed by atoms with Gasteiger partial charge in [-0.15, -0.1) is 11.8 Å². The quantitative estimate of drug-likeness (QED) is 0.672. The van der Waals surface area contributed by atoms with Crippen molar-refractivity contribution in [3.05, 3.63) is 24.4 Å². The second kappa shape index (κ2) is 5.36. The fourth-order valence-corrected chi connectivity index (χ4v) is 2.74. The molecule has 0 atom stereocenters. The van der Waals surface area contributed by atoms with Crippen LogP contribution in [0.4, 0.5) is 18.9 Å². The molecule has 0 saturated heterocycles. The normalized spacial score (nSPS) is 12.2. The van der Waals surface area contributed by atoms with Crippen LogP contribution in [0.25, 0.3) is 10.9 Å². The number of nitrogens with zero attached hydrogens (tertiary/aromatic N) is 1. The molecule has 104 valence electrons. The standard InChI is InChI=1S/C13H15F3N2S/c1-19-12-8-9(17)7-11-10(12)3-6-18(11)5-2-4-13(14,15)16/h3,6-8H,2,4-5,17H2,1H3.